The molecule has 1 saturated heterocycles. The fourth-order valence-corrected chi connectivity index (χ4v) is 6.67. The number of carbonyl (C=O) groups is 3. The summed E-state index contributed by atoms with van der Waals surface area (Å²) in [4.78, 5) is 41.6. The van der Waals surface area contributed by atoms with Crippen molar-refractivity contribution in [3.63, 3.8) is 0 Å². The topological polar surface area (TPSA) is 92.5 Å². The van der Waals surface area contributed by atoms with Crippen LogP contribution < -0.4 is 11.1 Å². The predicted molar refractivity (Wildman–Crippen MR) is 129 cm³/mol. The Balaban J connectivity index is 1.63. The number of nitrogens with zero attached hydrogens (tertiary/aromatic N) is 1. The molecule has 2 aliphatic rings. The Morgan fingerprint density at radius 2 is 1.88 bits per heavy atom. The van der Waals surface area contributed by atoms with Crippen molar-refractivity contribution in [2.24, 2.45) is 23.0 Å². The molecule has 6 nitrogen and oxygen atoms in total. The third kappa shape index (κ3) is 4.62. The van der Waals surface area contributed by atoms with Gasteiger partial charge < -0.3 is 16.0 Å². The third-order valence-corrected chi connectivity index (χ3v) is 8.90. The Hall–Kier alpha value is -2.19. The normalized spacial score (nSPS) is 19.5. The smallest absolute Gasteiger partial charge is 0.266 e. The number of rotatable bonds is 4. The molecule has 1 aliphatic carbocycles. The standard InChI is InChI=1S/C24H31N3O3S2/c1-24(2,3)15-6-7-16-18(13-15)32-22(26-21(29)17-5-4-12-31-17)19(16)23(30)27-10-8-14(9-11-27)20(25)28/h4-5,12,14-15H,6-11,13H2,1-3H3,(H2,25,28)(H,26,29)/t15-/m1/s1. The molecule has 1 fully saturated rings. The van der Waals surface area contributed by atoms with E-state index in [0.717, 1.165) is 24.8 Å². The van der Waals surface area contributed by atoms with Gasteiger partial charge in [0.2, 0.25) is 5.91 Å². The number of piperidine rings is 1. The summed E-state index contributed by atoms with van der Waals surface area (Å²) in [6, 6.07) is 3.64. The molecule has 3 heterocycles. The van der Waals surface area contributed by atoms with Crippen LogP contribution in [0.5, 0.6) is 0 Å². The molecule has 1 atom stereocenters. The lowest BCUT2D eigenvalue weighted by atomic mass is 9.72. The van der Waals surface area contributed by atoms with Gasteiger partial charge in [-0.15, -0.1) is 22.7 Å². The van der Waals surface area contributed by atoms with E-state index in [1.54, 1.807) is 17.4 Å². The molecule has 0 unspecified atom stereocenters. The summed E-state index contributed by atoms with van der Waals surface area (Å²) in [5.74, 6) is -0.125. The van der Waals surface area contributed by atoms with Gasteiger partial charge in [0.05, 0.1) is 10.4 Å². The maximum atomic E-state index is 13.6. The van der Waals surface area contributed by atoms with Crippen LogP contribution in [0, 0.1) is 17.3 Å². The zero-order valence-corrected chi connectivity index (χ0v) is 20.5. The monoisotopic (exact) mass is 473 g/mol. The molecule has 0 aromatic carbocycles. The van der Waals surface area contributed by atoms with Gasteiger partial charge in [0.1, 0.15) is 5.00 Å². The number of fused-ring (bicyclic) bond motifs is 1. The van der Waals surface area contributed by atoms with Gasteiger partial charge in [-0.3, -0.25) is 14.4 Å². The minimum absolute atomic E-state index is 0.0406. The molecule has 32 heavy (non-hydrogen) atoms. The summed E-state index contributed by atoms with van der Waals surface area (Å²) in [6.07, 6.45) is 4.01. The summed E-state index contributed by atoms with van der Waals surface area (Å²) in [6.45, 7) is 7.83. The molecule has 172 valence electrons. The van der Waals surface area contributed by atoms with E-state index in [1.807, 2.05) is 16.3 Å². The van der Waals surface area contributed by atoms with Crippen molar-refractivity contribution < 1.29 is 14.4 Å². The molecule has 3 N–H and O–H groups in total. The molecule has 3 amide bonds. The Labute approximate surface area is 197 Å². The average Bonchev–Trinajstić information content (AvgIpc) is 3.40. The van der Waals surface area contributed by atoms with Gasteiger partial charge in [-0.1, -0.05) is 26.8 Å². The predicted octanol–water partition coefficient (Wildman–Crippen LogP) is 4.55. The van der Waals surface area contributed by atoms with E-state index in [9.17, 15) is 14.4 Å². The quantitative estimate of drug-likeness (QED) is 0.682. The molecular formula is C24H31N3O3S2. The van der Waals surface area contributed by atoms with E-state index in [0.29, 0.717) is 47.3 Å². The molecule has 0 spiro atoms. The molecular weight excluding hydrogens is 442 g/mol. The summed E-state index contributed by atoms with van der Waals surface area (Å²) in [5, 5.41) is 5.57. The van der Waals surface area contributed by atoms with Crippen molar-refractivity contribution >= 4 is 45.4 Å². The molecule has 2 aromatic heterocycles. The lowest BCUT2D eigenvalue weighted by Gasteiger charge is -2.34. The summed E-state index contributed by atoms with van der Waals surface area (Å²) < 4.78 is 0. The first-order valence-corrected chi connectivity index (χ1v) is 12.9. The van der Waals surface area contributed by atoms with Crippen molar-refractivity contribution in [3.05, 3.63) is 38.4 Å². The van der Waals surface area contributed by atoms with Crippen molar-refractivity contribution in [2.45, 2.75) is 52.9 Å². The summed E-state index contributed by atoms with van der Waals surface area (Å²) in [5.41, 5.74) is 7.41. The van der Waals surface area contributed by atoms with Gasteiger partial charge in [0.25, 0.3) is 11.8 Å². The Morgan fingerprint density at radius 3 is 2.47 bits per heavy atom. The van der Waals surface area contributed by atoms with Gasteiger partial charge >= 0.3 is 0 Å². The average molecular weight is 474 g/mol. The van der Waals surface area contributed by atoms with Crippen LogP contribution in [0.4, 0.5) is 5.00 Å². The second-order valence-electron chi connectivity index (χ2n) is 9.91. The van der Waals surface area contributed by atoms with E-state index in [1.165, 1.54) is 16.2 Å². The fraction of sp³-hybridized carbons (Fsp3) is 0.542. The largest absolute Gasteiger partial charge is 0.369 e. The zero-order chi connectivity index (χ0) is 23.0. The molecule has 0 bridgehead atoms. The first-order valence-electron chi connectivity index (χ1n) is 11.2. The maximum absolute atomic E-state index is 13.6. The van der Waals surface area contributed by atoms with Crippen LogP contribution in [-0.2, 0) is 17.6 Å². The number of hydrogen-bond acceptors (Lipinski definition) is 5. The lowest BCUT2D eigenvalue weighted by Crippen LogP contribution is -2.42. The highest BCUT2D eigenvalue weighted by atomic mass is 32.1. The summed E-state index contributed by atoms with van der Waals surface area (Å²) in [7, 11) is 0. The number of thiophene rings is 2. The number of nitrogens with one attached hydrogen (secondary N) is 1. The second-order valence-corrected chi connectivity index (χ2v) is 12.0. The number of amides is 3. The van der Waals surface area contributed by atoms with E-state index in [4.69, 9.17) is 5.73 Å². The Kier molecular flexibility index (Phi) is 6.45. The Morgan fingerprint density at radius 1 is 1.16 bits per heavy atom. The van der Waals surface area contributed by atoms with Gasteiger partial charge in [0.15, 0.2) is 0 Å². The number of likely N-dealkylation sites (tertiary alicyclic amines) is 1. The van der Waals surface area contributed by atoms with Crippen LogP contribution >= 0.6 is 22.7 Å². The lowest BCUT2D eigenvalue weighted by molar-refractivity contribution is -0.123. The minimum Gasteiger partial charge on any atom is -0.369 e. The van der Waals surface area contributed by atoms with Gasteiger partial charge in [-0.05, 0) is 60.4 Å². The van der Waals surface area contributed by atoms with Crippen molar-refractivity contribution in [3.8, 4) is 0 Å². The molecule has 0 radical (unpaired) electrons. The number of hydrogen-bond donors (Lipinski definition) is 2. The SMILES string of the molecule is CC(C)(C)[C@@H]1CCc2c(sc(NC(=O)c3cccs3)c2C(=O)N2CCC(C(N)=O)CC2)C1. The van der Waals surface area contributed by atoms with Crippen LogP contribution in [0.15, 0.2) is 17.5 Å². The Bertz CT molecular complexity index is 1010. The summed E-state index contributed by atoms with van der Waals surface area (Å²) >= 11 is 2.94. The number of carbonyl (C=O) groups excluding carboxylic acids is 3. The minimum atomic E-state index is -0.290. The first kappa shape index (κ1) is 23.0. The molecule has 0 saturated carbocycles. The van der Waals surface area contributed by atoms with E-state index in [2.05, 4.69) is 26.1 Å². The van der Waals surface area contributed by atoms with E-state index in [-0.39, 0.29) is 29.1 Å². The number of anilines is 1. The van der Waals surface area contributed by atoms with Crippen LogP contribution in [0.3, 0.4) is 0 Å². The first-order chi connectivity index (χ1) is 15.1. The highest BCUT2D eigenvalue weighted by Crippen LogP contribution is 2.45. The number of primary amides is 1. The maximum Gasteiger partial charge on any atom is 0.266 e. The van der Waals surface area contributed by atoms with Crippen LogP contribution in [0.2, 0.25) is 0 Å². The molecule has 2 aromatic rings. The van der Waals surface area contributed by atoms with Gasteiger partial charge in [-0.2, -0.15) is 0 Å². The van der Waals surface area contributed by atoms with Crippen molar-refractivity contribution in [2.75, 3.05) is 18.4 Å². The molecule has 8 heteroatoms. The van der Waals surface area contributed by atoms with Crippen molar-refractivity contribution in [1.29, 1.82) is 0 Å². The fourth-order valence-electron chi connectivity index (χ4n) is 4.74. The molecule has 4 rings (SSSR count). The van der Waals surface area contributed by atoms with Crippen LogP contribution in [0.25, 0.3) is 0 Å². The highest BCUT2D eigenvalue weighted by Gasteiger charge is 2.36. The third-order valence-electron chi connectivity index (χ3n) is 6.86. The highest BCUT2D eigenvalue weighted by molar-refractivity contribution is 7.17. The second kappa shape index (κ2) is 8.98. The van der Waals surface area contributed by atoms with Crippen LogP contribution in [-0.4, -0.2) is 35.7 Å². The van der Waals surface area contributed by atoms with E-state index < -0.39 is 0 Å². The van der Waals surface area contributed by atoms with Crippen molar-refractivity contribution in [1.82, 2.24) is 4.90 Å². The van der Waals surface area contributed by atoms with Gasteiger partial charge in [0, 0.05) is 23.9 Å². The number of nitrogens with two attached hydrogens (primary N) is 1. The molecule has 1 aliphatic heterocycles. The van der Waals surface area contributed by atoms with Crippen LogP contribution in [0.1, 0.15) is 70.5 Å². The zero-order valence-electron chi connectivity index (χ0n) is 18.9. The van der Waals surface area contributed by atoms with Gasteiger partial charge in [-0.25, -0.2) is 0 Å². The van der Waals surface area contributed by atoms with E-state index >= 15 is 0 Å².